The molecule has 35 heavy (non-hydrogen) atoms. The van der Waals surface area contributed by atoms with E-state index in [1.165, 1.54) is 26.8 Å². The van der Waals surface area contributed by atoms with E-state index in [4.69, 9.17) is 4.74 Å². The normalized spacial score (nSPS) is 20.3. The lowest BCUT2D eigenvalue weighted by atomic mass is 9.70. The number of nitrogens with zero attached hydrogens (tertiary/aromatic N) is 3. The molecule has 10 nitrogen and oxygen atoms in total. The maximum Gasteiger partial charge on any atom is 0.194 e. The zero-order valence-electron chi connectivity index (χ0n) is 19.5. The fraction of sp³-hybridized carbons (Fsp3) is 0.240. The van der Waals surface area contributed by atoms with Crippen molar-refractivity contribution in [3.05, 3.63) is 70.0 Å². The van der Waals surface area contributed by atoms with Crippen molar-refractivity contribution >= 4 is 23.0 Å². The molecule has 0 fully saturated rings. The maximum absolute atomic E-state index is 13.8. The summed E-state index contributed by atoms with van der Waals surface area (Å²) in [5, 5.41) is 32.7. The number of benzene rings is 1. The quantitative estimate of drug-likeness (QED) is 0.295. The lowest BCUT2D eigenvalue weighted by Gasteiger charge is -2.29. The van der Waals surface area contributed by atoms with Gasteiger partial charge in [0.15, 0.2) is 28.8 Å². The number of hydrogen-bond acceptors (Lipinski definition) is 9. The molecule has 1 aromatic carbocycles. The molecule has 2 aromatic heterocycles. The van der Waals surface area contributed by atoms with Crippen LogP contribution in [-0.4, -0.2) is 42.2 Å². The van der Waals surface area contributed by atoms with Gasteiger partial charge in [-0.25, -0.2) is 0 Å². The Kier molecular flexibility index (Phi) is 4.80. The number of nitrogens with one attached hydrogen (secondary N) is 1. The predicted octanol–water partition coefficient (Wildman–Crippen LogP) is 2.40. The second-order valence-corrected chi connectivity index (χ2v) is 8.79. The highest BCUT2D eigenvalue weighted by molar-refractivity contribution is 6.31. The van der Waals surface area contributed by atoms with Gasteiger partial charge < -0.3 is 20.3 Å². The van der Waals surface area contributed by atoms with Crippen molar-refractivity contribution in [2.75, 3.05) is 0 Å². The average Bonchev–Trinajstić information content (AvgIpc) is 3.35. The molecule has 1 aliphatic heterocycles. The number of allylic oxidation sites excluding steroid dienone is 4. The van der Waals surface area contributed by atoms with Gasteiger partial charge in [0.25, 0.3) is 0 Å². The highest BCUT2D eigenvalue weighted by Gasteiger charge is 2.56. The van der Waals surface area contributed by atoms with Crippen LogP contribution in [0.1, 0.15) is 48.1 Å². The third-order valence-electron chi connectivity index (χ3n) is 6.66. The molecule has 0 spiro atoms. The highest BCUT2D eigenvalue weighted by Crippen LogP contribution is 2.57. The SMILES string of the molecule is CC(=O)c1c(O)c(C)c(O)c2c1OC1=CC(=O)/C(=C(/C)NCc3nnc4ccccn34)C(=O)[C@]12C. The monoisotopic (exact) mass is 474 g/mol. The lowest BCUT2D eigenvalue weighted by Crippen LogP contribution is -2.41. The summed E-state index contributed by atoms with van der Waals surface area (Å²) in [4.78, 5) is 39.1. The number of ketones is 3. The van der Waals surface area contributed by atoms with Gasteiger partial charge in [0.05, 0.1) is 17.7 Å². The number of pyridine rings is 1. The van der Waals surface area contributed by atoms with Crippen LogP contribution in [0.5, 0.6) is 17.2 Å². The molecule has 0 radical (unpaired) electrons. The third-order valence-corrected chi connectivity index (χ3v) is 6.66. The van der Waals surface area contributed by atoms with E-state index in [1.54, 1.807) is 11.3 Å². The van der Waals surface area contributed by atoms with Crippen LogP contribution in [-0.2, 0) is 21.5 Å². The summed E-state index contributed by atoms with van der Waals surface area (Å²) in [5.41, 5.74) is -0.731. The van der Waals surface area contributed by atoms with E-state index in [0.29, 0.717) is 17.2 Å². The van der Waals surface area contributed by atoms with Gasteiger partial charge in [0, 0.05) is 23.5 Å². The van der Waals surface area contributed by atoms with E-state index in [1.807, 2.05) is 24.4 Å². The van der Waals surface area contributed by atoms with Crippen LogP contribution >= 0.6 is 0 Å². The summed E-state index contributed by atoms with van der Waals surface area (Å²) in [5.74, 6) is -2.00. The first-order valence-electron chi connectivity index (χ1n) is 10.9. The second-order valence-electron chi connectivity index (χ2n) is 8.79. The number of hydrogen-bond donors (Lipinski definition) is 3. The number of fused-ring (bicyclic) bond motifs is 4. The van der Waals surface area contributed by atoms with Gasteiger partial charge in [0.2, 0.25) is 0 Å². The van der Waals surface area contributed by atoms with Crippen molar-refractivity contribution in [1.82, 2.24) is 19.9 Å². The van der Waals surface area contributed by atoms with Crippen LogP contribution in [0.25, 0.3) is 5.65 Å². The van der Waals surface area contributed by atoms with Gasteiger partial charge in [-0.2, -0.15) is 0 Å². The Balaban J connectivity index is 1.59. The van der Waals surface area contributed by atoms with Crippen LogP contribution in [0.4, 0.5) is 0 Å². The first-order chi connectivity index (χ1) is 16.6. The molecule has 0 bridgehead atoms. The average molecular weight is 474 g/mol. The smallest absolute Gasteiger partial charge is 0.194 e. The largest absolute Gasteiger partial charge is 0.507 e. The lowest BCUT2D eigenvalue weighted by molar-refractivity contribution is -0.123. The summed E-state index contributed by atoms with van der Waals surface area (Å²) >= 11 is 0. The second kappa shape index (κ2) is 7.52. The number of phenolic OH excluding ortho intramolecular Hbond substituents is 2. The molecule has 0 saturated heterocycles. The summed E-state index contributed by atoms with van der Waals surface area (Å²) < 4.78 is 7.56. The van der Waals surface area contributed by atoms with Crippen molar-refractivity contribution in [2.24, 2.45) is 0 Å². The van der Waals surface area contributed by atoms with E-state index < -0.39 is 28.5 Å². The first kappa shape index (κ1) is 22.3. The van der Waals surface area contributed by atoms with Gasteiger partial charge in [0.1, 0.15) is 34.0 Å². The molecular formula is C25H22N4O6. The Hall–Kier alpha value is -4.47. The van der Waals surface area contributed by atoms with Gasteiger partial charge in [-0.05, 0) is 39.8 Å². The molecule has 0 unspecified atom stereocenters. The topological polar surface area (TPSA) is 143 Å². The number of carbonyl (C=O) groups excluding carboxylic acids is 3. The molecule has 10 heteroatoms. The molecular weight excluding hydrogens is 452 g/mol. The minimum atomic E-state index is -1.56. The van der Waals surface area contributed by atoms with Crippen molar-refractivity contribution < 1.29 is 29.3 Å². The summed E-state index contributed by atoms with van der Waals surface area (Å²) in [6, 6.07) is 5.49. The summed E-state index contributed by atoms with van der Waals surface area (Å²) in [6.07, 6.45) is 2.99. The molecule has 1 aliphatic carbocycles. The van der Waals surface area contributed by atoms with Gasteiger partial charge >= 0.3 is 0 Å². The Morgan fingerprint density at radius 2 is 1.91 bits per heavy atom. The number of carbonyl (C=O) groups is 3. The Labute approximate surface area is 199 Å². The van der Waals surface area contributed by atoms with Gasteiger partial charge in [-0.3, -0.25) is 18.8 Å². The van der Waals surface area contributed by atoms with E-state index in [0.717, 1.165) is 0 Å². The van der Waals surface area contributed by atoms with Crippen molar-refractivity contribution in [3.63, 3.8) is 0 Å². The van der Waals surface area contributed by atoms with Crippen LogP contribution in [0, 0.1) is 6.92 Å². The molecule has 5 rings (SSSR count). The van der Waals surface area contributed by atoms with Gasteiger partial charge in [-0.15, -0.1) is 10.2 Å². The minimum absolute atomic E-state index is 0.00898. The fourth-order valence-corrected chi connectivity index (χ4v) is 4.67. The molecule has 3 aromatic rings. The van der Waals surface area contributed by atoms with Crippen LogP contribution in [0.2, 0.25) is 0 Å². The van der Waals surface area contributed by atoms with Crippen molar-refractivity contribution in [1.29, 1.82) is 0 Å². The third kappa shape index (κ3) is 2.99. The van der Waals surface area contributed by atoms with Gasteiger partial charge in [-0.1, -0.05) is 6.07 Å². The minimum Gasteiger partial charge on any atom is -0.507 e. The van der Waals surface area contributed by atoms with Crippen LogP contribution < -0.4 is 10.1 Å². The predicted molar refractivity (Wildman–Crippen MR) is 123 cm³/mol. The molecule has 2 aliphatic rings. The number of aromatic hydroxyl groups is 2. The first-order valence-corrected chi connectivity index (χ1v) is 10.9. The van der Waals surface area contributed by atoms with E-state index >= 15 is 0 Å². The van der Waals surface area contributed by atoms with E-state index in [9.17, 15) is 24.6 Å². The zero-order chi connectivity index (χ0) is 25.2. The van der Waals surface area contributed by atoms with Crippen molar-refractivity contribution in [3.8, 4) is 17.2 Å². The number of phenols is 2. The molecule has 0 amide bonds. The Morgan fingerprint density at radius 3 is 2.63 bits per heavy atom. The van der Waals surface area contributed by atoms with E-state index in [2.05, 4.69) is 15.5 Å². The van der Waals surface area contributed by atoms with E-state index in [-0.39, 0.29) is 46.1 Å². The Bertz CT molecular complexity index is 1550. The highest BCUT2D eigenvalue weighted by atomic mass is 16.5. The fourth-order valence-electron chi connectivity index (χ4n) is 4.67. The number of aromatic nitrogens is 3. The molecule has 3 N–H and O–H groups in total. The molecule has 0 saturated carbocycles. The standard InChI is InChI=1S/C25H22N4O6/c1-11-21(32)19(13(3)30)23-20(22(11)33)25(4)15(35-23)9-14(31)18(24(25)34)12(2)26-10-17-28-27-16-7-5-6-8-29(16)17/h5-9,26,32-33H,10H2,1-4H3/b18-12+/t25-/m1/s1. The summed E-state index contributed by atoms with van der Waals surface area (Å²) in [7, 11) is 0. The van der Waals surface area contributed by atoms with Crippen LogP contribution in [0.15, 0.2) is 47.5 Å². The van der Waals surface area contributed by atoms with Crippen LogP contribution in [0.3, 0.4) is 0 Å². The zero-order valence-corrected chi connectivity index (χ0v) is 19.5. The number of ether oxygens (including phenoxy) is 1. The molecule has 178 valence electrons. The van der Waals surface area contributed by atoms with Crippen molar-refractivity contribution in [2.45, 2.75) is 39.7 Å². The molecule has 3 heterocycles. The number of Topliss-reactive ketones (excluding diaryl/α,β-unsaturated/α-hetero) is 2. The number of rotatable bonds is 4. The summed E-state index contributed by atoms with van der Waals surface area (Å²) in [6.45, 7) is 6.02. The molecule has 1 atom stereocenters. The Morgan fingerprint density at radius 1 is 1.17 bits per heavy atom. The maximum atomic E-state index is 13.8.